The second-order valence-electron chi connectivity index (χ2n) is 6.05. The van der Waals surface area contributed by atoms with Crippen LogP contribution in [-0.2, 0) is 0 Å². The quantitative estimate of drug-likeness (QED) is 0.832. The molecular weight excluding hydrogens is 210 g/mol. The molecule has 1 aromatic rings. The highest BCUT2D eigenvalue weighted by atomic mass is 16.3. The minimum Gasteiger partial charge on any atom is -0.508 e. The van der Waals surface area contributed by atoms with E-state index in [1.165, 1.54) is 5.56 Å². The van der Waals surface area contributed by atoms with Gasteiger partial charge >= 0.3 is 0 Å². The van der Waals surface area contributed by atoms with Crippen LogP contribution in [0.1, 0.15) is 51.3 Å². The molecule has 0 spiro atoms. The fourth-order valence-electron chi connectivity index (χ4n) is 1.79. The van der Waals surface area contributed by atoms with Crippen molar-refractivity contribution in [3.8, 4) is 5.75 Å². The van der Waals surface area contributed by atoms with Crippen molar-refractivity contribution < 1.29 is 5.11 Å². The zero-order chi connectivity index (χ0) is 13.1. The van der Waals surface area contributed by atoms with Crippen LogP contribution in [-0.4, -0.2) is 11.7 Å². The maximum absolute atomic E-state index is 9.82. The molecule has 96 valence electrons. The van der Waals surface area contributed by atoms with Gasteiger partial charge in [0.15, 0.2) is 0 Å². The van der Waals surface area contributed by atoms with Crippen LogP contribution in [0, 0.1) is 12.3 Å². The molecule has 0 amide bonds. The highest BCUT2D eigenvalue weighted by Gasteiger charge is 2.13. The molecule has 2 heteroatoms. The van der Waals surface area contributed by atoms with Gasteiger partial charge < -0.3 is 10.4 Å². The molecule has 0 aliphatic carbocycles. The lowest BCUT2D eigenvalue weighted by Crippen LogP contribution is -2.23. The zero-order valence-corrected chi connectivity index (χ0v) is 11.7. The lowest BCUT2D eigenvalue weighted by molar-refractivity contribution is 0.356. The Kier molecular flexibility index (Phi) is 4.58. The topological polar surface area (TPSA) is 32.3 Å². The Bertz CT molecular complexity index is 366. The molecule has 1 unspecified atom stereocenters. The molecule has 0 radical (unpaired) electrons. The summed E-state index contributed by atoms with van der Waals surface area (Å²) in [5, 5.41) is 13.3. The van der Waals surface area contributed by atoms with Crippen molar-refractivity contribution in [2.45, 2.75) is 47.1 Å². The van der Waals surface area contributed by atoms with Crippen molar-refractivity contribution in [1.29, 1.82) is 0 Å². The van der Waals surface area contributed by atoms with Gasteiger partial charge in [0.25, 0.3) is 0 Å². The number of aryl methyl sites for hydroxylation is 1. The van der Waals surface area contributed by atoms with Gasteiger partial charge in [-0.1, -0.05) is 38.5 Å². The van der Waals surface area contributed by atoms with Crippen LogP contribution < -0.4 is 5.32 Å². The number of hydrogen-bond donors (Lipinski definition) is 2. The van der Waals surface area contributed by atoms with E-state index < -0.39 is 0 Å². The number of nitrogens with one attached hydrogen (secondary N) is 1. The van der Waals surface area contributed by atoms with E-state index in [2.05, 4.69) is 33.0 Å². The molecule has 0 aliphatic heterocycles. The second-order valence-corrected chi connectivity index (χ2v) is 6.05. The van der Waals surface area contributed by atoms with Crippen molar-refractivity contribution in [3.63, 3.8) is 0 Å². The van der Waals surface area contributed by atoms with E-state index in [0.717, 1.165) is 18.5 Å². The van der Waals surface area contributed by atoms with Crippen molar-refractivity contribution in [1.82, 2.24) is 5.32 Å². The van der Waals surface area contributed by atoms with E-state index in [1.807, 2.05) is 19.1 Å². The van der Waals surface area contributed by atoms with E-state index in [1.54, 1.807) is 6.07 Å². The first-order valence-corrected chi connectivity index (χ1v) is 6.32. The van der Waals surface area contributed by atoms with Crippen LogP contribution in [0.4, 0.5) is 0 Å². The average Bonchev–Trinajstić information content (AvgIpc) is 2.19. The monoisotopic (exact) mass is 235 g/mol. The van der Waals surface area contributed by atoms with Crippen LogP contribution in [0.5, 0.6) is 5.75 Å². The van der Waals surface area contributed by atoms with Gasteiger partial charge in [-0.3, -0.25) is 0 Å². The summed E-state index contributed by atoms with van der Waals surface area (Å²) >= 11 is 0. The molecule has 17 heavy (non-hydrogen) atoms. The van der Waals surface area contributed by atoms with Gasteiger partial charge in [0.2, 0.25) is 0 Å². The summed E-state index contributed by atoms with van der Waals surface area (Å²) in [6.45, 7) is 11.8. The Morgan fingerprint density at radius 2 is 1.94 bits per heavy atom. The molecule has 0 fully saturated rings. The minimum atomic E-state index is 0.192. The highest BCUT2D eigenvalue weighted by molar-refractivity contribution is 5.37. The Morgan fingerprint density at radius 1 is 1.29 bits per heavy atom. The second kappa shape index (κ2) is 5.54. The third-order valence-corrected chi connectivity index (χ3v) is 2.98. The lowest BCUT2D eigenvalue weighted by Gasteiger charge is -2.21. The Labute approximate surface area is 105 Å². The molecule has 1 aromatic carbocycles. The van der Waals surface area contributed by atoms with E-state index in [0.29, 0.717) is 11.2 Å². The third-order valence-electron chi connectivity index (χ3n) is 2.98. The Morgan fingerprint density at radius 3 is 2.53 bits per heavy atom. The third kappa shape index (κ3) is 4.78. The summed E-state index contributed by atoms with van der Waals surface area (Å²) in [5.74, 6) is 0.381. The van der Waals surface area contributed by atoms with Crippen LogP contribution in [0.2, 0.25) is 0 Å². The van der Waals surface area contributed by atoms with E-state index >= 15 is 0 Å². The summed E-state index contributed by atoms with van der Waals surface area (Å²) < 4.78 is 0. The Hall–Kier alpha value is -1.02. The number of phenolic OH excluding ortho intramolecular Hbond substituents is 1. The molecule has 0 aliphatic rings. The molecule has 0 aromatic heterocycles. The van der Waals surface area contributed by atoms with Gasteiger partial charge in [-0.2, -0.15) is 0 Å². The molecule has 2 N–H and O–H groups in total. The van der Waals surface area contributed by atoms with Crippen LogP contribution in [0.15, 0.2) is 18.2 Å². The summed E-state index contributed by atoms with van der Waals surface area (Å²) in [6.07, 6.45) is 1.13. The number of rotatable bonds is 4. The molecule has 0 saturated heterocycles. The first kappa shape index (κ1) is 14.0. The molecule has 0 bridgehead atoms. The van der Waals surface area contributed by atoms with Crippen LogP contribution in [0.3, 0.4) is 0 Å². The minimum absolute atomic E-state index is 0.192. The number of aromatic hydroxyl groups is 1. The van der Waals surface area contributed by atoms with E-state index in [9.17, 15) is 5.11 Å². The predicted molar refractivity (Wildman–Crippen MR) is 73.3 cm³/mol. The van der Waals surface area contributed by atoms with Crippen molar-refractivity contribution in [3.05, 3.63) is 29.3 Å². The predicted octanol–water partition coefficient (Wildman–Crippen LogP) is 3.79. The fourth-order valence-corrected chi connectivity index (χ4v) is 1.79. The van der Waals surface area contributed by atoms with Gasteiger partial charge in [0.05, 0.1) is 0 Å². The van der Waals surface area contributed by atoms with Gasteiger partial charge in [0.1, 0.15) is 5.75 Å². The summed E-state index contributed by atoms with van der Waals surface area (Å²) in [6, 6.07) is 5.94. The van der Waals surface area contributed by atoms with E-state index in [-0.39, 0.29) is 6.04 Å². The van der Waals surface area contributed by atoms with Crippen molar-refractivity contribution >= 4 is 0 Å². The van der Waals surface area contributed by atoms with Gasteiger partial charge in [-0.05, 0) is 38.3 Å². The summed E-state index contributed by atoms with van der Waals surface area (Å²) in [4.78, 5) is 0. The maximum Gasteiger partial charge on any atom is 0.120 e. The van der Waals surface area contributed by atoms with Crippen molar-refractivity contribution in [2.24, 2.45) is 5.41 Å². The number of phenols is 1. The smallest absolute Gasteiger partial charge is 0.120 e. The SMILES string of the molecule is Cc1ccc(O)c(C(C)NCCC(C)(C)C)c1. The zero-order valence-electron chi connectivity index (χ0n) is 11.7. The van der Waals surface area contributed by atoms with Crippen LogP contribution >= 0.6 is 0 Å². The summed E-state index contributed by atoms with van der Waals surface area (Å²) in [7, 11) is 0. The number of hydrogen-bond acceptors (Lipinski definition) is 2. The van der Waals surface area contributed by atoms with Crippen molar-refractivity contribution in [2.75, 3.05) is 6.54 Å². The standard InChI is InChI=1S/C15H25NO/c1-11-6-7-14(17)13(10-11)12(2)16-9-8-15(3,4)5/h6-7,10,12,16-17H,8-9H2,1-5H3. The largest absolute Gasteiger partial charge is 0.508 e. The van der Waals surface area contributed by atoms with Crippen LogP contribution in [0.25, 0.3) is 0 Å². The normalized spacial score (nSPS) is 13.7. The van der Waals surface area contributed by atoms with E-state index in [4.69, 9.17) is 0 Å². The molecular formula is C15H25NO. The number of benzene rings is 1. The van der Waals surface area contributed by atoms with Gasteiger partial charge in [-0.25, -0.2) is 0 Å². The Balaban J connectivity index is 2.58. The maximum atomic E-state index is 9.82. The molecule has 0 heterocycles. The molecule has 0 saturated carbocycles. The van der Waals surface area contributed by atoms with Gasteiger partial charge in [-0.15, -0.1) is 0 Å². The molecule has 2 nitrogen and oxygen atoms in total. The van der Waals surface area contributed by atoms with Gasteiger partial charge in [0, 0.05) is 11.6 Å². The lowest BCUT2D eigenvalue weighted by atomic mass is 9.92. The fraction of sp³-hybridized carbons (Fsp3) is 0.600. The first-order valence-electron chi connectivity index (χ1n) is 6.32. The highest BCUT2D eigenvalue weighted by Crippen LogP contribution is 2.25. The average molecular weight is 235 g/mol. The molecule has 1 rings (SSSR count). The molecule has 1 atom stereocenters. The summed E-state index contributed by atoms with van der Waals surface area (Å²) in [5.41, 5.74) is 2.52. The first-order chi connectivity index (χ1) is 7.79.